The second-order valence-corrected chi connectivity index (χ2v) is 9.58. The molecule has 0 aliphatic carbocycles. The maximum absolute atomic E-state index is 14.5. The van der Waals surface area contributed by atoms with Crippen LogP contribution in [0.1, 0.15) is 53.4 Å². The molecule has 3 rings (SSSR count). The van der Waals surface area contributed by atoms with Crippen LogP contribution in [0.3, 0.4) is 0 Å². The highest BCUT2D eigenvalue weighted by molar-refractivity contribution is 6.31. The summed E-state index contributed by atoms with van der Waals surface area (Å²) in [7, 11) is 0. The van der Waals surface area contributed by atoms with Crippen LogP contribution < -0.4 is 10.6 Å². The molecule has 0 aliphatic rings. The number of pyridine rings is 1. The predicted octanol–water partition coefficient (Wildman–Crippen LogP) is 5.34. The molecule has 0 spiro atoms. The van der Waals surface area contributed by atoms with E-state index in [9.17, 15) is 9.18 Å². The van der Waals surface area contributed by atoms with Gasteiger partial charge >= 0.3 is 0 Å². The maximum Gasteiger partial charge on any atom is 0.220 e. The number of nitrogens with one attached hydrogen (secondary N) is 3. The van der Waals surface area contributed by atoms with Crippen LogP contribution in [0.2, 0.25) is 5.02 Å². The van der Waals surface area contributed by atoms with Crippen LogP contribution in [-0.2, 0) is 4.79 Å². The Kier molecular flexibility index (Phi) is 7.66. The van der Waals surface area contributed by atoms with Crippen molar-refractivity contribution in [1.29, 1.82) is 0 Å². The average molecular weight is 461 g/mol. The van der Waals surface area contributed by atoms with Gasteiger partial charge in [0.25, 0.3) is 0 Å². The zero-order valence-corrected chi connectivity index (χ0v) is 19.7. The number of carbonyl (C=O) groups is 1. The van der Waals surface area contributed by atoms with E-state index in [1.54, 1.807) is 18.5 Å². The Morgan fingerprint density at radius 3 is 2.75 bits per heavy atom. The highest BCUT2D eigenvalue weighted by Gasteiger charge is 2.18. The topological polar surface area (TPSA) is 95.6 Å². The Morgan fingerprint density at radius 1 is 1.25 bits per heavy atom. The monoisotopic (exact) mass is 460 g/mol. The van der Waals surface area contributed by atoms with Crippen molar-refractivity contribution in [1.82, 2.24) is 25.3 Å². The SMILES string of the molecule is CCC[C@@H](CCNC(=O)CC(C)(C)C)Nc1nc(-c2c[nH]c3ncc(Cl)cc23)ncc1F. The van der Waals surface area contributed by atoms with Crippen molar-refractivity contribution in [3.8, 4) is 11.4 Å². The second-order valence-electron chi connectivity index (χ2n) is 9.15. The molecule has 3 aromatic heterocycles. The summed E-state index contributed by atoms with van der Waals surface area (Å²) in [6.07, 6.45) is 7.31. The molecule has 0 aliphatic heterocycles. The molecule has 7 nitrogen and oxygen atoms in total. The molecule has 32 heavy (non-hydrogen) atoms. The summed E-state index contributed by atoms with van der Waals surface area (Å²) in [4.78, 5) is 28.0. The predicted molar refractivity (Wildman–Crippen MR) is 126 cm³/mol. The number of hydrogen-bond acceptors (Lipinski definition) is 5. The highest BCUT2D eigenvalue weighted by atomic mass is 35.5. The van der Waals surface area contributed by atoms with Crippen molar-refractivity contribution in [2.45, 2.75) is 59.4 Å². The van der Waals surface area contributed by atoms with Crippen LogP contribution in [0, 0.1) is 11.2 Å². The van der Waals surface area contributed by atoms with E-state index in [4.69, 9.17) is 11.6 Å². The molecule has 0 saturated heterocycles. The van der Waals surface area contributed by atoms with Gasteiger partial charge in [-0.25, -0.2) is 19.3 Å². The van der Waals surface area contributed by atoms with Gasteiger partial charge in [0.2, 0.25) is 5.91 Å². The van der Waals surface area contributed by atoms with Crippen LogP contribution in [0.15, 0.2) is 24.7 Å². The Hall–Kier alpha value is -2.74. The summed E-state index contributed by atoms with van der Waals surface area (Å²) in [6, 6.07) is 1.74. The minimum atomic E-state index is -0.525. The van der Waals surface area contributed by atoms with E-state index in [0.29, 0.717) is 41.4 Å². The molecule has 3 heterocycles. The largest absolute Gasteiger partial charge is 0.365 e. The van der Waals surface area contributed by atoms with Crippen molar-refractivity contribution >= 4 is 34.4 Å². The van der Waals surface area contributed by atoms with Gasteiger partial charge in [0, 0.05) is 42.4 Å². The van der Waals surface area contributed by atoms with Crippen molar-refractivity contribution in [2.75, 3.05) is 11.9 Å². The zero-order chi connectivity index (χ0) is 23.3. The Bertz CT molecular complexity index is 1080. The smallest absolute Gasteiger partial charge is 0.220 e. The van der Waals surface area contributed by atoms with Crippen LogP contribution in [-0.4, -0.2) is 38.4 Å². The van der Waals surface area contributed by atoms with Gasteiger partial charge in [-0.05, 0) is 24.3 Å². The Labute approximate surface area is 192 Å². The Balaban J connectivity index is 1.73. The number of anilines is 1. The first kappa shape index (κ1) is 23.9. The summed E-state index contributed by atoms with van der Waals surface area (Å²) < 4.78 is 14.5. The number of H-pyrrole nitrogens is 1. The first-order valence-corrected chi connectivity index (χ1v) is 11.2. The molecule has 1 atom stereocenters. The Morgan fingerprint density at radius 2 is 2.03 bits per heavy atom. The van der Waals surface area contributed by atoms with E-state index < -0.39 is 5.82 Å². The van der Waals surface area contributed by atoms with Crippen LogP contribution >= 0.6 is 11.6 Å². The van der Waals surface area contributed by atoms with Crippen LogP contribution in [0.25, 0.3) is 22.4 Å². The lowest BCUT2D eigenvalue weighted by Crippen LogP contribution is -2.32. The summed E-state index contributed by atoms with van der Waals surface area (Å²) in [5.41, 5.74) is 1.29. The van der Waals surface area contributed by atoms with Gasteiger partial charge in [0.05, 0.1) is 11.2 Å². The quantitative estimate of drug-likeness (QED) is 0.400. The average Bonchev–Trinajstić information content (AvgIpc) is 3.11. The fourth-order valence-electron chi connectivity index (χ4n) is 3.52. The van der Waals surface area contributed by atoms with Crippen molar-refractivity contribution in [2.24, 2.45) is 5.41 Å². The highest BCUT2D eigenvalue weighted by Crippen LogP contribution is 2.28. The third kappa shape index (κ3) is 6.38. The first-order chi connectivity index (χ1) is 15.2. The van der Waals surface area contributed by atoms with Gasteiger partial charge in [-0.2, -0.15) is 0 Å². The van der Waals surface area contributed by atoms with Gasteiger partial charge in [0.1, 0.15) is 5.65 Å². The maximum atomic E-state index is 14.5. The van der Waals surface area contributed by atoms with E-state index in [1.807, 2.05) is 20.8 Å². The minimum absolute atomic E-state index is 0.0230. The normalized spacial score (nSPS) is 12.7. The lowest BCUT2D eigenvalue weighted by Gasteiger charge is -2.21. The van der Waals surface area contributed by atoms with E-state index >= 15 is 0 Å². The number of halogens is 2. The molecule has 0 aromatic carbocycles. The number of hydrogen-bond donors (Lipinski definition) is 3. The lowest BCUT2D eigenvalue weighted by atomic mass is 9.92. The molecule has 9 heteroatoms. The fraction of sp³-hybridized carbons (Fsp3) is 0.478. The zero-order valence-electron chi connectivity index (χ0n) is 18.9. The van der Waals surface area contributed by atoms with Gasteiger partial charge in [-0.15, -0.1) is 0 Å². The van der Waals surface area contributed by atoms with Gasteiger partial charge < -0.3 is 15.6 Å². The fourth-order valence-corrected chi connectivity index (χ4v) is 3.68. The van der Waals surface area contributed by atoms with E-state index in [-0.39, 0.29) is 23.2 Å². The number of aromatic amines is 1. The molecule has 3 aromatic rings. The minimum Gasteiger partial charge on any atom is -0.365 e. The number of rotatable bonds is 9. The standard InChI is InChI=1S/C23H30ClFN6O/c1-5-6-15(7-8-26-19(32)10-23(2,3)4)30-22-18(25)13-29-21(31-22)17-12-28-20-16(17)9-14(24)11-27-20/h9,11-13,15H,5-8,10H2,1-4H3,(H,26,32)(H,27,28)(H,29,30,31)/t15-/m0/s1. The molecular formula is C23H30ClFN6O. The van der Waals surface area contributed by atoms with E-state index in [1.165, 1.54) is 0 Å². The summed E-state index contributed by atoms with van der Waals surface area (Å²) >= 11 is 6.08. The molecule has 0 bridgehead atoms. The number of fused-ring (bicyclic) bond motifs is 1. The molecule has 3 N–H and O–H groups in total. The number of nitrogens with zero attached hydrogens (tertiary/aromatic N) is 3. The molecule has 0 unspecified atom stereocenters. The van der Waals surface area contributed by atoms with Crippen molar-refractivity contribution < 1.29 is 9.18 Å². The van der Waals surface area contributed by atoms with Gasteiger partial charge in [0.15, 0.2) is 17.5 Å². The van der Waals surface area contributed by atoms with E-state index in [2.05, 4.69) is 37.5 Å². The van der Waals surface area contributed by atoms with Gasteiger partial charge in [-0.3, -0.25) is 4.79 Å². The molecule has 0 fully saturated rings. The number of aromatic nitrogens is 4. The molecule has 0 radical (unpaired) electrons. The summed E-state index contributed by atoms with van der Waals surface area (Å²) in [6.45, 7) is 8.67. The molecule has 0 saturated carbocycles. The first-order valence-electron chi connectivity index (χ1n) is 10.8. The van der Waals surface area contributed by atoms with E-state index in [0.717, 1.165) is 24.4 Å². The third-order valence-corrected chi connectivity index (χ3v) is 5.17. The third-order valence-electron chi connectivity index (χ3n) is 4.97. The molecular weight excluding hydrogens is 431 g/mol. The van der Waals surface area contributed by atoms with Gasteiger partial charge in [-0.1, -0.05) is 45.7 Å². The number of carbonyl (C=O) groups excluding carboxylic acids is 1. The number of amides is 1. The summed E-state index contributed by atoms with van der Waals surface area (Å²) in [5.74, 6) is 0.00854. The lowest BCUT2D eigenvalue weighted by molar-refractivity contribution is -0.122. The second kappa shape index (κ2) is 10.3. The summed E-state index contributed by atoms with van der Waals surface area (Å²) in [5, 5.41) is 7.42. The molecule has 1 amide bonds. The van der Waals surface area contributed by atoms with Crippen LogP contribution in [0.4, 0.5) is 10.2 Å². The van der Waals surface area contributed by atoms with Crippen LogP contribution in [0.5, 0.6) is 0 Å². The molecule has 172 valence electrons. The van der Waals surface area contributed by atoms with Crippen molar-refractivity contribution in [3.05, 3.63) is 35.5 Å². The van der Waals surface area contributed by atoms with Crippen molar-refractivity contribution in [3.63, 3.8) is 0 Å².